The molecule has 0 radical (unpaired) electrons. The van der Waals surface area contributed by atoms with Crippen molar-refractivity contribution in [2.24, 2.45) is 5.41 Å². The first-order valence-corrected chi connectivity index (χ1v) is 9.53. The van der Waals surface area contributed by atoms with Crippen molar-refractivity contribution in [3.8, 4) is 0 Å². The van der Waals surface area contributed by atoms with E-state index in [1.807, 2.05) is 13.0 Å². The van der Waals surface area contributed by atoms with Gasteiger partial charge >= 0.3 is 0 Å². The van der Waals surface area contributed by atoms with Crippen LogP contribution < -0.4 is 5.32 Å². The molecule has 2 atom stereocenters. The van der Waals surface area contributed by atoms with E-state index < -0.39 is 9.84 Å². The predicted molar refractivity (Wildman–Crippen MR) is 83.3 cm³/mol. The number of rotatable bonds is 5. The summed E-state index contributed by atoms with van der Waals surface area (Å²) in [6, 6.07) is 7.51. The SMILES string of the molecule is CCOC1CC(Nc2cccc(S(C)(=O)=O)c2)C12CCC2. The van der Waals surface area contributed by atoms with Gasteiger partial charge in [-0.2, -0.15) is 0 Å². The van der Waals surface area contributed by atoms with E-state index in [0.717, 1.165) is 18.7 Å². The van der Waals surface area contributed by atoms with Crippen LogP contribution in [0, 0.1) is 5.41 Å². The first-order chi connectivity index (χ1) is 9.95. The summed E-state index contributed by atoms with van der Waals surface area (Å²) in [4.78, 5) is 0.371. The largest absolute Gasteiger partial charge is 0.382 e. The Kier molecular flexibility index (Phi) is 3.74. The van der Waals surface area contributed by atoms with Gasteiger partial charge in [0.15, 0.2) is 9.84 Å². The minimum atomic E-state index is -3.15. The Morgan fingerprint density at radius 1 is 1.38 bits per heavy atom. The number of hydrogen-bond donors (Lipinski definition) is 1. The molecule has 2 unspecified atom stereocenters. The van der Waals surface area contributed by atoms with Crippen LogP contribution in [0.5, 0.6) is 0 Å². The third-order valence-corrected chi connectivity index (χ3v) is 6.15. The van der Waals surface area contributed by atoms with Crippen LogP contribution in [0.3, 0.4) is 0 Å². The second-order valence-electron chi connectivity index (χ2n) is 6.26. The van der Waals surface area contributed by atoms with E-state index in [4.69, 9.17) is 4.74 Å². The lowest BCUT2D eigenvalue weighted by Gasteiger charge is -2.61. The zero-order chi connectivity index (χ0) is 15.1. The highest BCUT2D eigenvalue weighted by Crippen LogP contribution is 2.58. The van der Waals surface area contributed by atoms with Gasteiger partial charge in [0.25, 0.3) is 0 Å². The monoisotopic (exact) mass is 309 g/mol. The first kappa shape index (κ1) is 14.9. The summed E-state index contributed by atoms with van der Waals surface area (Å²) < 4.78 is 29.1. The lowest BCUT2D eigenvalue weighted by Crippen LogP contribution is -2.64. The van der Waals surface area contributed by atoms with Crippen molar-refractivity contribution < 1.29 is 13.2 Å². The van der Waals surface area contributed by atoms with Crippen molar-refractivity contribution >= 4 is 15.5 Å². The highest BCUT2D eigenvalue weighted by atomic mass is 32.2. The van der Waals surface area contributed by atoms with Crippen molar-refractivity contribution in [1.29, 1.82) is 0 Å². The number of nitrogens with one attached hydrogen (secondary N) is 1. The summed E-state index contributed by atoms with van der Waals surface area (Å²) in [5, 5.41) is 3.53. The van der Waals surface area contributed by atoms with Crippen LogP contribution in [0.2, 0.25) is 0 Å². The van der Waals surface area contributed by atoms with Crippen molar-refractivity contribution in [3.05, 3.63) is 24.3 Å². The van der Waals surface area contributed by atoms with Crippen LogP contribution in [0.1, 0.15) is 32.6 Å². The highest BCUT2D eigenvalue weighted by Gasteiger charge is 2.58. The molecule has 0 aromatic heterocycles. The van der Waals surface area contributed by atoms with Gasteiger partial charge in [0.05, 0.1) is 11.0 Å². The van der Waals surface area contributed by atoms with E-state index >= 15 is 0 Å². The molecule has 0 aliphatic heterocycles. The maximum absolute atomic E-state index is 11.6. The molecule has 1 aromatic rings. The third kappa shape index (κ3) is 2.57. The van der Waals surface area contributed by atoms with Gasteiger partial charge in [-0.1, -0.05) is 12.5 Å². The van der Waals surface area contributed by atoms with E-state index in [2.05, 4.69) is 5.32 Å². The van der Waals surface area contributed by atoms with E-state index in [-0.39, 0.29) is 5.41 Å². The molecule has 0 amide bonds. The topological polar surface area (TPSA) is 55.4 Å². The summed E-state index contributed by atoms with van der Waals surface area (Å²) in [5.41, 5.74) is 1.17. The standard InChI is InChI=1S/C16H23NO3S/c1-3-20-15-11-14(16(15)8-5-9-16)17-12-6-4-7-13(10-12)21(2,18)19/h4,6-7,10,14-15,17H,3,5,8-9,11H2,1-2H3. The van der Waals surface area contributed by atoms with Crippen LogP contribution >= 0.6 is 0 Å². The fourth-order valence-corrected chi connectivity index (χ4v) is 4.33. The fourth-order valence-electron chi connectivity index (χ4n) is 3.66. The van der Waals surface area contributed by atoms with Crippen molar-refractivity contribution in [2.45, 2.75) is 49.6 Å². The Balaban J connectivity index is 1.73. The molecule has 0 bridgehead atoms. The Labute approximate surface area is 126 Å². The van der Waals surface area contributed by atoms with Crippen molar-refractivity contribution in [3.63, 3.8) is 0 Å². The molecule has 116 valence electrons. The van der Waals surface area contributed by atoms with E-state index in [0.29, 0.717) is 17.0 Å². The molecule has 4 nitrogen and oxygen atoms in total. The molecule has 0 saturated heterocycles. The minimum Gasteiger partial charge on any atom is -0.382 e. The smallest absolute Gasteiger partial charge is 0.175 e. The van der Waals surface area contributed by atoms with Gasteiger partial charge in [0.2, 0.25) is 0 Å². The number of anilines is 1. The average Bonchev–Trinajstić information content (AvgIpc) is 2.35. The van der Waals surface area contributed by atoms with Crippen LogP contribution in [0.15, 0.2) is 29.2 Å². The summed E-state index contributed by atoms with van der Waals surface area (Å²) in [7, 11) is -3.15. The second-order valence-corrected chi connectivity index (χ2v) is 8.28. The summed E-state index contributed by atoms with van der Waals surface area (Å²) in [6.07, 6.45) is 6.31. The van der Waals surface area contributed by atoms with Gasteiger partial charge < -0.3 is 10.1 Å². The molecule has 1 N–H and O–H groups in total. The van der Waals surface area contributed by atoms with E-state index in [1.54, 1.807) is 18.2 Å². The molecule has 3 rings (SSSR count). The van der Waals surface area contributed by atoms with E-state index in [9.17, 15) is 8.42 Å². The lowest BCUT2D eigenvalue weighted by atomic mass is 9.51. The van der Waals surface area contributed by atoms with Crippen molar-refractivity contribution in [1.82, 2.24) is 0 Å². The molecule has 2 fully saturated rings. The molecular formula is C16H23NO3S. The molecule has 21 heavy (non-hydrogen) atoms. The molecule has 5 heteroatoms. The van der Waals surface area contributed by atoms with Gasteiger partial charge in [-0.3, -0.25) is 0 Å². The molecule has 1 spiro atoms. The Morgan fingerprint density at radius 2 is 2.14 bits per heavy atom. The van der Waals surface area contributed by atoms with Crippen LogP contribution in [-0.2, 0) is 14.6 Å². The Hall–Kier alpha value is -1.07. The summed E-state index contributed by atoms with van der Waals surface area (Å²) in [5.74, 6) is 0. The predicted octanol–water partition coefficient (Wildman–Crippen LogP) is 2.85. The number of benzene rings is 1. The van der Waals surface area contributed by atoms with Crippen LogP contribution in [-0.4, -0.2) is 33.4 Å². The van der Waals surface area contributed by atoms with Gasteiger partial charge in [-0.15, -0.1) is 0 Å². The maximum atomic E-state index is 11.6. The third-order valence-electron chi connectivity index (χ3n) is 5.04. The first-order valence-electron chi connectivity index (χ1n) is 7.64. The zero-order valence-electron chi connectivity index (χ0n) is 12.6. The number of sulfone groups is 1. The molecule has 2 saturated carbocycles. The zero-order valence-corrected chi connectivity index (χ0v) is 13.4. The molecule has 1 aromatic carbocycles. The molecule has 2 aliphatic rings. The number of ether oxygens (including phenoxy) is 1. The fraction of sp³-hybridized carbons (Fsp3) is 0.625. The lowest BCUT2D eigenvalue weighted by molar-refractivity contribution is -0.157. The Morgan fingerprint density at radius 3 is 2.71 bits per heavy atom. The molecule has 0 heterocycles. The minimum absolute atomic E-state index is 0.275. The van der Waals surface area contributed by atoms with Gasteiger partial charge in [0.1, 0.15) is 0 Å². The quantitative estimate of drug-likeness (QED) is 0.908. The molecular weight excluding hydrogens is 286 g/mol. The van der Waals surface area contributed by atoms with Gasteiger partial charge in [0, 0.05) is 30.0 Å². The average molecular weight is 309 g/mol. The molecule has 2 aliphatic carbocycles. The van der Waals surface area contributed by atoms with Crippen LogP contribution in [0.25, 0.3) is 0 Å². The maximum Gasteiger partial charge on any atom is 0.175 e. The highest BCUT2D eigenvalue weighted by molar-refractivity contribution is 7.90. The second kappa shape index (κ2) is 5.29. The summed E-state index contributed by atoms with van der Waals surface area (Å²) in [6.45, 7) is 2.81. The Bertz CT molecular complexity index is 622. The van der Waals surface area contributed by atoms with Gasteiger partial charge in [-0.05, 0) is 44.4 Å². The number of hydrogen-bond acceptors (Lipinski definition) is 4. The van der Waals surface area contributed by atoms with Gasteiger partial charge in [-0.25, -0.2) is 8.42 Å². The normalized spacial score (nSPS) is 27.0. The van der Waals surface area contributed by atoms with Crippen molar-refractivity contribution in [2.75, 3.05) is 18.2 Å². The van der Waals surface area contributed by atoms with Crippen LogP contribution in [0.4, 0.5) is 5.69 Å². The summed E-state index contributed by atoms with van der Waals surface area (Å²) >= 11 is 0. The van der Waals surface area contributed by atoms with E-state index in [1.165, 1.54) is 25.5 Å².